The van der Waals surface area contributed by atoms with Crippen LogP contribution in [-0.4, -0.2) is 58.3 Å². The Hall–Kier alpha value is -4.50. The number of fused-ring (bicyclic) bond motifs is 4. The van der Waals surface area contributed by atoms with E-state index >= 15 is 4.39 Å². The molecule has 2 amide bonds. The molecule has 2 aliphatic carbocycles. The first-order valence-corrected chi connectivity index (χ1v) is 23.9. The molecule has 4 aromatic rings. The number of nitrogens with zero attached hydrogens (tertiary/aromatic N) is 2. The summed E-state index contributed by atoms with van der Waals surface area (Å²) < 4.78 is 34.9. The minimum atomic E-state index is -1.29. The molecule has 358 valence electrons. The van der Waals surface area contributed by atoms with Gasteiger partial charge in [-0.05, 0) is 116 Å². The normalized spacial score (nSPS) is 23.1. The summed E-state index contributed by atoms with van der Waals surface area (Å²) in [5.41, 5.74) is 6.55. The molecule has 0 radical (unpaired) electrons. The van der Waals surface area contributed by atoms with E-state index in [0.29, 0.717) is 62.2 Å². The Labute approximate surface area is 410 Å². The second-order valence-corrected chi connectivity index (χ2v) is 20.5. The van der Waals surface area contributed by atoms with Gasteiger partial charge in [0.25, 0.3) is 5.91 Å². The van der Waals surface area contributed by atoms with E-state index in [1.807, 2.05) is 13.0 Å². The second-order valence-electron chi connectivity index (χ2n) is 18.9. The molecule has 3 atom stereocenters. The number of ether oxygens (including phenoxy) is 1. The van der Waals surface area contributed by atoms with Gasteiger partial charge < -0.3 is 21.1 Å². The highest BCUT2D eigenvalue weighted by molar-refractivity contribution is 6.37. The highest BCUT2D eigenvalue weighted by Crippen LogP contribution is 2.64. The Morgan fingerprint density at radius 1 is 0.791 bits per heavy atom. The maximum absolute atomic E-state index is 15.6. The number of carbonyl (C=O) groups excluding carboxylic acids is 4. The number of halogens is 6. The number of hydrogen-bond acceptors (Lipinski definition) is 9. The summed E-state index contributed by atoms with van der Waals surface area (Å²) >= 11 is 23.9. The van der Waals surface area contributed by atoms with Crippen molar-refractivity contribution in [3.8, 4) is 0 Å². The number of esters is 1. The summed E-state index contributed by atoms with van der Waals surface area (Å²) in [5, 5.41) is 9.69. The number of aromatic nitrogens is 2. The topological polar surface area (TPSA) is 165 Å². The van der Waals surface area contributed by atoms with Crippen molar-refractivity contribution in [2.45, 2.75) is 116 Å². The number of pyridine rings is 2. The fraction of sp³-hybridized carbons (Fsp3) is 0.440. The Balaban J connectivity index is 0.000000193. The van der Waals surface area contributed by atoms with Gasteiger partial charge >= 0.3 is 5.97 Å². The largest absolute Gasteiger partial charge is 0.465 e. The third kappa shape index (κ3) is 10.7. The third-order valence-corrected chi connectivity index (χ3v) is 14.3. The molecule has 5 N–H and O–H groups in total. The summed E-state index contributed by atoms with van der Waals surface area (Å²) in [7, 11) is 0. The molecule has 67 heavy (non-hydrogen) atoms. The number of anilines is 2. The molecule has 9 rings (SSSR count). The molecular formula is C50H56Cl4F2N6O5. The van der Waals surface area contributed by atoms with Gasteiger partial charge in [-0.3, -0.25) is 24.5 Å². The fourth-order valence-corrected chi connectivity index (χ4v) is 10.4. The maximum atomic E-state index is 15.6. The zero-order chi connectivity index (χ0) is 49.1. The molecule has 5 aliphatic rings. The van der Waals surface area contributed by atoms with E-state index < -0.39 is 40.5 Å². The Kier molecular flexibility index (Phi) is 16.3. The lowest BCUT2D eigenvalue weighted by Crippen LogP contribution is -2.61. The van der Waals surface area contributed by atoms with Crippen molar-refractivity contribution in [1.29, 1.82) is 0 Å². The summed E-state index contributed by atoms with van der Waals surface area (Å²) in [6, 6.07) is 12.3. The van der Waals surface area contributed by atoms with Crippen LogP contribution in [0.4, 0.5) is 20.2 Å². The Morgan fingerprint density at radius 3 is 1.97 bits per heavy atom. The maximum Gasteiger partial charge on any atom is 0.323 e. The molecular weight excluding hydrogens is 944 g/mol. The van der Waals surface area contributed by atoms with Gasteiger partial charge in [0.05, 0.1) is 12.3 Å². The number of hydrogen-bond donors (Lipinski definition) is 4. The van der Waals surface area contributed by atoms with Crippen LogP contribution in [0.15, 0.2) is 60.9 Å². The van der Waals surface area contributed by atoms with Crippen LogP contribution >= 0.6 is 46.4 Å². The first-order valence-electron chi connectivity index (χ1n) is 22.3. The number of amides is 2. The lowest BCUT2D eigenvalue weighted by Gasteiger charge is -2.50. The minimum absolute atomic E-state index is 0.0781. The van der Waals surface area contributed by atoms with Crippen molar-refractivity contribution in [3.05, 3.63) is 115 Å². The van der Waals surface area contributed by atoms with Crippen molar-refractivity contribution in [3.63, 3.8) is 0 Å². The van der Waals surface area contributed by atoms with Crippen LogP contribution < -0.4 is 21.7 Å². The van der Waals surface area contributed by atoms with E-state index in [1.165, 1.54) is 30.6 Å². The fourth-order valence-electron chi connectivity index (χ4n) is 9.75. The van der Waals surface area contributed by atoms with Gasteiger partial charge in [-0.1, -0.05) is 93.2 Å². The first-order chi connectivity index (χ1) is 31.6. The van der Waals surface area contributed by atoms with Gasteiger partial charge in [-0.15, -0.1) is 0 Å². The van der Waals surface area contributed by atoms with Crippen LogP contribution in [0.1, 0.15) is 121 Å². The molecule has 0 bridgehead atoms. The number of nitrogens with two attached hydrogens (primary N) is 1. The second kappa shape index (κ2) is 21.0. The molecule has 2 saturated carbocycles. The van der Waals surface area contributed by atoms with Crippen molar-refractivity contribution >= 4 is 93.0 Å². The molecule has 3 fully saturated rings. The van der Waals surface area contributed by atoms with Crippen LogP contribution in [0.25, 0.3) is 11.6 Å². The number of ketones is 1. The Morgan fingerprint density at radius 2 is 1.36 bits per heavy atom. The van der Waals surface area contributed by atoms with Gasteiger partial charge in [0, 0.05) is 69.1 Å². The van der Waals surface area contributed by atoms with Crippen molar-refractivity contribution in [2.75, 3.05) is 23.8 Å². The minimum Gasteiger partial charge on any atom is -0.465 e. The quantitative estimate of drug-likeness (QED) is 0.0884. The molecule has 2 spiro atoms. The smallest absolute Gasteiger partial charge is 0.323 e. The number of benzene rings is 2. The van der Waals surface area contributed by atoms with Crippen LogP contribution in [0, 0.1) is 22.5 Å². The lowest BCUT2D eigenvalue weighted by molar-refractivity contribution is -0.146. The molecule has 11 nitrogen and oxygen atoms in total. The zero-order valence-electron chi connectivity index (χ0n) is 38.4. The molecule has 3 aliphatic heterocycles. The van der Waals surface area contributed by atoms with Gasteiger partial charge in [-0.2, -0.15) is 0 Å². The van der Waals surface area contributed by atoms with Crippen LogP contribution in [0.3, 0.4) is 0 Å². The standard InChI is InChI=1S/C26H28Cl2FN3O3.C14H7Cl2FN2O.C8H14O.C2H7N/c1-4-35-22(33)20-18(15-7-12-30-21(28)19(15)29)26(25(32-20)10-8-24(2,3)9-11-25)16-6-5-14(27)13-17(16)31-23(26)34;15-8-1-2-9-10(14(20)19-11(9)6-8)5-7-3-4-18-13(16)12(7)17;1-8(2)5-3-7(9)4-6-8;1-2-3/h5-7,12-13,18,20,32H,4,8-11H2,1-3H3,(H,31,34);1-6H,(H,19,20);3-6H2,1-2H3;2-3H2,1H3/t18-,20+,26+;;;/m0.../s1. The van der Waals surface area contributed by atoms with Crippen LogP contribution in [0.2, 0.25) is 20.4 Å². The molecule has 1 saturated heterocycles. The number of nitrogens with one attached hydrogen (secondary N) is 3. The molecule has 2 aromatic carbocycles. The summed E-state index contributed by atoms with van der Waals surface area (Å²) in [6.07, 6.45) is 11.0. The first kappa shape index (κ1) is 51.9. The van der Waals surface area contributed by atoms with Crippen molar-refractivity contribution < 1.29 is 32.7 Å². The van der Waals surface area contributed by atoms with Gasteiger partial charge in [0.1, 0.15) is 17.2 Å². The SMILES string of the molecule is CC1(C)CCC(=O)CC1.CCN.CCOC(=O)[C@@H]1NC2(CCC(C)(C)CC2)[C@@]2(C(=O)Nc3cc(Cl)ccc32)[C@H]1c1ccnc(Cl)c1F.O=C1Nc2cc(Cl)ccc2C1=Cc1ccnc(Cl)c1F. The summed E-state index contributed by atoms with van der Waals surface area (Å²) in [4.78, 5) is 57.8. The number of Topliss-reactive ketones (excluding diaryl/α,β-unsaturated/α-hetero) is 1. The molecule has 17 heteroatoms. The van der Waals surface area contributed by atoms with Crippen molar-refractivity contribution in [2.24, 2.45) is 16.6 Å². The van der Waals surface area contributed by atoms with E-state index in [4.69, 9.17) is 56.9 Å². The third-order valence-electron chi connectivity index (χ3n) is 13.3. The average molecular weight is 1000 g/mol. The number of carbonyl (C=O) groups is 4. The van der Waals surface area contributed by atoms with Crippen molar-refractivity contribution in [1.82, 2.24) is 15.3 Å². The summed E-state index contributed by atoms with van der Waals surface area (Å²) in [5.74, 6) is -2.98. The number of rotatable bonds is 4. The molecule has 0 unspecified atom stereocenters. The predicted molar refractivity (Wildman–Crippen MR) is 261 cm³/mol. The highest BCUT2D eigenvalue weighted by Gasteiger charge is 2.73. The average Bonchev–Trinajstić information content (AvgIpc) is 3.86. The van der Waals surface area contributed by atoms with Gasteiger partial charge in [-0.25, -0.2) is 18.7 Å². The van der Waals surface area contributed by atoms with E-state index in [2.05, 4.69) is 53.6 Å². The van der Waals surface area contributed by atoms with E-state index in [9.17, 15) is 23.6 Å². The summed E-state index contributed by atoms with van der Waals surface area (Å²) in [6.45, 7) is 13.4. The molecule has 5 heterocycles. The monoisotopic (exact) mass is 998 g/mol. The zero-order valence-corrected chi connectivity index (χ0v) is 41.4. The lowest BCUT2D eigenvalue weighted by atomic mass is 9.53. The highest BCUT2D eigenvalue weighted by atomic mass is 35.5. The van der Waals surface area contributed by atoms with E-state index in [1.54, 1.807) is 37.3 Å². The Bertz CT molecular complexity index is 2570. The van der Waals surface area contributed by atoms with Crippen LogP contribution in [0.5, 0.6) is 0 Å². The van der Waals surface area contributed by atoms with Crippen LogP contribution in [-0.2, 0) is 29.3 Å². The van der Waals surface area contributed by atoms with E-state index in [-0.39, 0.29) is 45.3 Å². The molecule has 2 aromatic heterocycles. The predicted octanol–water partition coefficient (Wildman–Crippen LogP) is 11.5. The van der Waals surface area contributed by atoms with Gasteiger partial charge in [0.2, 0.25) is 5.91 Å². The van der Waals surface area contributed by atoms with Gasteiger partial charge in [0.15, 0.2) is 21.9 Å². The van der Waals surface area contributed by atoms with E-state index in [0.717, 1.165) is 45.1 Å².